The number of halogens is 3. The van der Waals surface area contributed by atoms with Crippen molar-refractivity contribution in [2.75, 3.05) is 20.1 Å². The molecule has 0 spiro atoms. The topological polar surface area (TPSA) is 53.7 Å². The van der Waals surface area contributed by atoms with Gasteiger partial charge in [-0.05, 0) is 67.6 Å². The van der Waals surface area contributed by atoms with Crippen molar-refractivity contribution in [1.82, 2.24) is 19.6 Å². The van der Waals surface area contributed by atoms with E-state index in [1.54, 1.807) is 23.9 Å². The second-order valence-corrected chi connectivity index (χ2v) is 10.7. The largest absolute Gasteiger partial charge is 0.416 e. The Morgan fingerprint density at radius 1 is 1.14 bits per heavy atom. The number of thioether (sulfide) groups is 1. The van der Waals surface area contributed by atoms with Crippen LogP contribution in [0.1, 0.15) is 28.7 Å². The smallest absolute Gasteiger partial charge is 0.345 e. The summed E-state index contributed by atoms with van der Waals surface area (Å²) in [4.78, 5) is 22.1. The Morgan fingerprint density at radius 2 is 1.97 bits per heavy atom. The summed E-state index contributed by atoms with van der Waals surface area (Å²) in [6.07, 6.45) is 0.141. The number of amidine groups is 1. The van der Waals surface area contributed by atoms with Gasteiger partial charge in [-0.3, -0.25) is 14.4 Å². The number of alkyl halides is 3. The minimum Gasteiger partial charge on any atom is -0.345 e. The van der Waals surface area contributed by atoms with Crippen molar-refractivity contribution < 1.29 is 18.0 Å². The van der Waals surface area contributed by atoms with E-state index in [1.807, 2.05) is 24.3 Å². The quantitative estimate of drug-likeness (QED) is 0.475. The summed E-state index contributed by atoms with van der Waals surface area (Å²) in [6, 6.07) is 10.9. The van der Waals surface area contributed by atoms with Gasteiger partial charge >= 0.3 is 6.18 Å². The average molecular weight is 512 g/mol. The Kier molecular flexibility index (Phi) is 5.49. The average Bonchev–Trinajstić information content (AvgIpc) is 3.58. The fourth-order valence-corrected chi connectivity index (χ4v) is 6.34. The van der Waals surface area contributed by atoms with Crippen LogP contribution in [-0.2, 0) is 17.5 Å². The molecular formula is C26H24F3N5OS. The molecule has 2 bridgehead atoms. The van der Waals surface area contributed by atoms with Gasteiger partial charge in [0.2, 0.25) is 0 Å². The number of amides is 1. The summed E-state index contributed by atoms with van der Waals surface area (Å²) in [6.45, 7) is 3.55. The second kappa shape index (κ2) is 8.48. The van der Waals surface area contributed by atoms with Crippen LogP contribution in [0.3, 0.4) is 0 Å². The summed E-state index contributed by atoms with van der Waals surface area (Å²) in [5.41, 5.74) is 1.64. The Labute approximate surface area is 210 Å². The van der Waals surface area contributed by atoms with Crippen LogP contribution in [-0.4, -0.2) is 62.9 Å². The van der Waals surface area contributed by atoms with E-state index in [1.165, 1.54) is 23.9 Å². The van der Waals surface area contributed by atoms with Gasteiger partial charge in [0.1, 0.15) is 0 Å². The molecule has 2 fully saturated rings. The molecule has 2 atom stereocenters. The first-order chi connectivity index (χ1) is 17.2. The molecule has 4 heterocycles. The third kappa shape index (κ3) is 4.12. The highest BCUT2D eigenvalue weighted by molar-refractivity contribution is 8.18. The van der Waals surface area contributed by atoms with E-state index in [4.69, 9.17) is 0 Å². The van der Waals surface area contributed by atoms with Gasteiger partial charge in [-0.15, -0.1) is 0 Å². The molecular weight excluding hydrogens is 487 g/mol. The molecule has 3 aliphatic heterocycles. The summed E-state index contributed by atoms with van der Waals surface area (Å²) in [7, 11) is 2.14. The van der Waals surface area contributed by atoms with Crippen LogP contribution in [0.4, 0.5) is 13.2 Å². The van der Waals surface area contributed by atoms with Gasteiger partial charge in [0.25, 0.3) is 5.91 Å². The number of carbonyl (C=O) groups excluding carboxylic acids is 1. The molecule has 36 heavy (non-hydrogen) atoms. The molecule has 0 saturated carbocycles. The van der Waals surface area contributed by atoms with E-state index in [0.717, 1.165) is 41.1 Å². The highest BCUT2D eigenvalue weighted by Gasteiger charge is 2.44. The Bertz CT molecular complexity index is 1440. The fourth-order valence-electron chi connectivity index (χ4n) is 5.35. The lowest BCUT2D eigenvalue weighted by atomic mass is 10.0. The number of nitrogens with zero attached hydrogens (tertiary/aromatic N) is 5. The van der Waals surface area contributed by atoms with Gasteiger partial charge in [-0.1, -0.05) is 23.8 Å². The molecule has 3 aromatic rings. The molecule has 2 saturated heterocycles. The summed E-state index contributed by atoms with van der Waals surface area (Å²) >= 11 is 1.41. The first-order valence-electron chi connectivity index (χ1n) is 11.8. The van der Waals surface area contributed by atoms with Crippen molar-refractivity contribution in [2.24, 2.45) is 4.99 Å². The predicted octanol–water partition coefficient (Wildman–Crippen LogP) is 4.77. The standard InChI is InChI=1S/C26H24F3N5OS/c1-15-3-5-17(21(7-15)26(27,28)29)12-34-22-6-4-16(8-18(22)11-30-34)9-23-24(35)31-25(36-23)33-14-19-10-20(33)13-32(19)2/h3-9,11,19-20H,10,12-14H2,1-2H3/b23-9-/t19-,20-/m0/s1. The number of aryl methyl sites for hydroxylation is 1. The lowest BCUT2D eigenvalue weighted by molar-refractivity contribution is -0.138. The van der Waals surface area contributed by atoms with Gasteiger partial charge in [-0.2, -0.15) is 23.3 Å². The molecule has 2 aromatic carbocycles. The van der Waals surface area contributed by atoms with Crippen LogP contribution in [0.5, 0.6) is 0 Å². The molecule has 10 heteroatoms. The maximum atomic E-state index is 13.6. The number of hydrogen-bond donors (Lipinski definition) is 0. The normalized spacial score (nSPS) is 23.5. The molecule has 6 nitrogen and oxygen atoms in total. The zero-order valence-electron chi connectivity index (χ0n) is 19.8. The zero-order chi connectivity index (χ0) is 25.2. The van der Waals surface area contributed by atoms with Crippen molar-refractivity contribution in [3.8, 4) is 0 Å². The summed E-state index contributed by atoms with van der Waals surface area (Å²) < 4.78 is 42.2. The number of rotatable bonds is 3. The molecule has 1 aromatic heterocycles. The van der Waals surface area contributed by atoms with Crippen LogP contribution in [0.2, 0.25) is 0 Å². The number of likely N-dealkylation sites (tertiary alicyclic amines) is 2. The van der Waals surface area contributed by atoms with Crippen LogP contribution < -0.4 is 0 Å². The Hall–Kier alpha value is -3.11. The van der Waals surface area contributed by atoms with Gasteiger partial charge in [0.05, 0.1) is 28.7 Å². The van der Waals surface area contributed by atoms with Crippen LogP contribution in [0.15, 0.2) is 52.5 Å². The van der Waals surface area contributed by atoms with Gasteiger partial charge in [-0.25, -0.2) is 0 Å². The molecule has 6 rings (SSSR count). The van der Waals surface area contributed by atoms with Gasteiger partial charge in [0, 0.05) is 30.6 Å². The first-order valence-corrected chi connectivity index (χ1v) is 12.6. The van der Waals surface area contributed by atoms with E-state index in [9.17, 15) is 18.0 Å². The van der Waals surface area contributed by atoms with Crippen LogP contribution in [0, 0.1) is 6.92 Å². The lowest BCUT2D eigenvalue weighted by Gasteiger charge is -2.32. The van der Waals surface area contributed by atoms with Crippen molar-refractivity contribution >= 4 is 39.8 Å². The van der Waals surface area contributed by atoms with E-state index in [2.05, 4.69) is 26.9 Å². The van der Waals surface area contributed by atoms with Crippen LogP contribution in [0.25, 0.3) is 17.0 Å². The van der Waals surface area contributed by atoms with Crippen LogP contribution >= 0.6 is 11.8 Å². The zero-order valence-corrected chi connectivity index (χ0v) is 20.6. The Balaban J connectivity index is 1.22. The highest BCUT2D eigenvalue weighted by atomic mass is 32.2. The predicted molar refractivity (Wildman–Crippen MR) is 135 cm³/mol. The number of hydrogen-bond acceptors (Lipinski definition) is 5. The van der Waals surface area contributed by atoms with E-state index in [0.29, 0.717) is 22.6 Å². The van der Waals surface area contributed by atoms with Crippen molar-refractivity contribution in [2.45, 2.75) is 38.1 Å². The summed E-state index contributed by atoms with van der Waals surface area (Å²) in [5.74, 6) is -0.235. The lowest BCUT2D eigenvalue weighted by Crippen LogP contribution is -2.46. The number of piperazine rings is 1. The monoisotopic (exact) mass is 511 g/mol. The van der Waals surface area contributed by atoms with Crippen molar-refractivity contribution in [3.63, 3.8) is 0 Å². The molecule has 1 amide bonds. The third-order valence-electron chi connectivity index (χ3n) is 7.22. The SMILES string of the molecule is Cc1ccc(Cn2ncc3cc(/C=C4\SC(N5C[C@@H]6C[C@H]5CN6C)=NC4=O)ccc32)c(C(F)(F)F)c1. The second-order valence-electron chi connectivity index (χ2n) is 9.72. The maximum absolute atomic E-state index is 13.6. The Morgan fingerprint density at radius 3 is 2.69 bits per heavy atom. The maximum Gasteiger partial charge on any atom is 0.416 e. The van der Waals surface area contributed by atoms with E-state index >= 15 is 0 Å². The van der Waals surface area contributed by atoms with E-state index in [-0.39, 0.29) is 18.0 Å². The van der Waals surface area contributed by atoms with Crippen molar-refractivity contribution in [3.05, 3.63) is 69.8 Å². The number of benzene rings is 2. The first kappa shape index (κ1) is 23.3. The molecule has 186 valence electrons. The molecule has 3 aliphatic rings. The van der Waals surface area contributed by atoms with Crippen molar-refractivity contribution in [1.29, 1.82) is 0 Å². The number of likely N-dealkylation sites (N-methyl/N-ethyl adjacent to an activating group) is 1. The fraction of sp³-hybridized carbons (Fsp3) is 0.346. The van der Waals surface area contributed by atoms with Gasteiger partial charge < -0.3 is 4.90 Å². The number of fused-ring (bicyclic) bond motifs is 3. The molecule has 0 aliphatic carbocycles. The summed E-state index contributed by atoms with van der Waals surface area (Å²) in [5, 5.41) is 5.91. The third-order valence-corrected chi connectivity index (χ3v) is 8.24. The number of aliphatic imine (C=N–C) groups is 1. The number of carbonyl (C=O) groups is 1. The minimum absolute atomic E-state index is 0.0117. The number of aromatic nitrogens is 2. The molecule has 0 radical (unpaired) electrons. The minimum atomic E-state index is -4.43. The van der Waals surface area contributed by atoms with Gasteiger partial charge in [0.15, 0.2) is 5.17 Å². The molecule has 0 unspecified atom stereocenters. The highest BCUT2D eigenvalue weighted by Crippen LogP contribution is 2.38. The van der Waals surface area contributed by atoms with E-state index < -0.39 is 11.7 Å². The molecule has 0 N–H and O–H groups in total.